The number of anilines is 1. The third kappa shape index (κ3) is 2.27. The van der Waals surface area contributed by atoms with E-state index in [-0.39, 0.29) is 0 Å². The van der Waals surface area contributed by atoms with Crippen LogP contribution in [0, 0.1) is 14.0 Å². The molecule has 0 aromatic heterocycles. The Labute approximate surface area is 96.4 Å². The van der Waals surface area contributed by atoms with E-state index >= 15 is 0 Å². The van der Waals surface area contributed by atoms with Crippen LogP contribution in [0.2, 0.25) is 5.02 Å². The molecule has 0 bridgehead atoms. The van der Waals surface area contributed by atoms with E-state index in [1.807, 2.05) is 13.0 Å². The number of rotatable bonds is 1. The molecule has 0 unspecified atom stereocenters. The summed E-state index contributed by atoms with van der Waals surface area (Å²) in [6.45, 7) is 6.07. The first-order chi connectivity index (χ1) is 7.18. The van der Waals surface area contributed by atoms with Crippen molar-refractivity contribution in [3.8, 4) is 0 Å². The Kier molecular flexibility index (Phi) is 3.17. The molecule has 0 atom stereocenters. The van der Waals surface area contributed by atoms with Crippen LogP contribution in [0.25, 0.3) is 0 Å². The second-order valence-electron chi connectivity index (χ2n) is 4.01. The maximum atomic E-state index is 6.29. The fraction of sp³-hybridized carbons (Fsp3) is 0.417. The van der Waals surface area contributed by atoms with Gasteiger partial charge in [0, 0.05) is 13.1 Å². The molecule has 1 aromatic carbocycles. The van der Waals surface area contributed by atoms with Crippen LogP contribution in [0.15, 0.2) is 18.2 Å². The molecule has 2 nitrogen and oxygen atoms in total. The molecular weight excluding hydrogens is 208 g/mol. The summed E-state index contributed by atoms with van der Waals surface area (Å²) in [6.07, 6.45) is 0. The first-order valence-electron chi connectivity index (χ1n) is 5.24. The summed E-state index contributed by atoms with van der Waals surface area (Å²) in [7, 11) is 3.94. The molecule has 1 aliphatic rings. The highest BCUT2D eigenvalue weighted by Crippen LogP contribution is 2.29. The van der Waals surface area contributed by atoms with Crippen molar-refractivity contribution in [2.45, 2.75) is 6.92 Å². The van der Waals surface area contributed by atoms with Crippen molar-refractivity contribution >= 4 is 17.3 Å². The van der Waals surface area contributed by atoms with Gasteiger partial charge >= 0.3 is 0 Å². The normalized spacial score (nSPS) is 18.2. The molecule has 0 radical (unpaired) electrons. The van der Waals surface area contributed by atoms with Crippen LogP contribution in [0.4, 0.5) is 5.69 Å². The zero-order valence-corrected chi connectivity index (χ0v) is 9.80. The van der Waals surface area contributed by atoms with Gasteiger partial charge in [-0.15, -0.1) is 0 Å². The van der Waals surface area contributed by atoms with E-state index in [1.165, 1.54) is 0 Å². The van der Waals surface area contributed by atoms with Crippen molar-refractivity contribution in [3.05, 3.63) is 35.8 Å². The second kappa shape index (κ2) is 4.42. The molecule has 0 saturated carbocycles. The second-order valence-corrected chi connectivity index (χ2v) is 4.39. The molecular formula is C12H16ClN2-. The Hall–Kier alpha value is -0.730. The Morgan fingerprint density at radius 3 is 2.53 bits per heavy atom. The van der Waals surface area contributed by atoms with Gasteiger partial charge in [-0.25, -0.2) is 0 Å². The average Bonchev–Trinajstić information content (AvgIpc) is 2.24. The topological polar surface area (TPSA) is 6.48 Å². The number of hydrogen-bond donors (Lipinski definition) is 0. The SMILES string of the molecule is [CH2-]N1CCN(c2cccc(C)c2Cl)CC1. The van der Waals surface area contributed by atoms with E-state index in [0.717, 1.165) is 42.5 Å². The molecule has 0 N–H and O–H groups in total. The summed E-state index contributed by atoms with van der Waals surface area (Å²) in [6, 6.07) is 6.20. The highest BCUT2D eigenvalue weighted by atomic mass is 35.5. The maximum absolute atomic E-state index is 6.29. The lowest BCUT2D eigenvalue weighted by Crippen LogP contribution is -2.43. The highest BCUT2D eigenvalue weighted by molar-refractivity contribution is 6.34. The third-order valence-corrected chi connectivity index (χ3v) is 3.38. The average molecular weight is 224 g/mol. The summed E-state index contributed by atoms with van der Waals surface area (Å²) in [4.78, 5) is 4.43. The van der Waals surface area contributed by atoms with Crippen LogP contribution >= 0.6 is 11.6 Å². The van der Waals surface area contributed by atoms with E-state index in [4.69, 9.17) is 11.6 Å². The predicted molar refractivity (Wildman–Crippen MR) is 65.3 cm³/mol. The Morgan fingerprint density at radius 2 is 1.87 bits per heavy atom. The van der Waals surface area contributed by atoms with Crippen LogP contribution in [-0.2, 0) is 0 Å². The Morgan fingerprint density at radius 1 is 1.20 bits per heavy atom. The van der Waals surface area contributed by atoms with Crippen LogP contribution in [-0.4, -0.2) is 31.1 Å². The van der Waals surface area contributed by atoms with Gasteiger partial charge in [-0.3, -0.25) is 7.05 Å². The fourth-order valence-corrected chi connectivity index (χ4v) is 2.11. The molecule has 1 saturated heterocycles. The van der Waals surface area contributed by atoms with Crippen LogP contribution < -0.4 is 4.90 Å². The van der Waals surface area contributed by atoms with E-state index in [0.29, 0.717) is 0 Å². The van der Waals surface area contributed by atoms with E-state index in [9.17, 15) is 0 Å². The van der Waals surface area contributed by atoms with Gasteiger partial charge < -0.3 is 9.80 Å². The molecule has 1 heterocycles. The smallest absolute Gasteiger partial charge is 0.0668 e. The predicted octanol–water partition coefficient (Wildman–Crippen LogP) is 2.56. The van der Waals surface area contributed by atoms with Crippen LogP contribution in [0.5, 0.6) is 0 Å². The molecule has 2 rings (SSSR count). The van der Waals surface area contributed by atoms with Gasteiger partial charge in [0.1, 0.15) is 0 Å². The fourth-order valence-electron chi connectivity index (χ4n) is 1.86. The summed E-state index contributed by atoms with van der Waals surface area (Å²) in [5.41, 5.74) is 2.30. The molecule has 0 spiro atoms. The Bertz CT molecular complexity index is 343. The minimum Gasteiger partial charge on any atom is -0.456 e. The molecule has 1 fully saturated rings. The van der Waals surface area contributed by atoms with Crippen molar-refractivity contribution < 1.29 is 0 Å². The van der Waals surface area contributed by atoms with Gasteiger partial charge in [-0.2, -0.15) is 0 Å². The number of benzene rings is 1. The molecule has 3 heteroatoms. The molecule has 0 amide bonds. The third-order valence-electron chi connectivity index (χ3n) is 2.88. The van der Waals surface area contributed by atoms with Crippen molar-refractivity contribution in [2.75, 3.05) is 31.1 Å². The molecule has 82 valence electrons. The van der Waals surface area contributed by atoms with Crippen LogP contribution in [0.3, 0.4) is 0 Å². The van der Waals surface area contributed by atoms with E-state index in [1.54, 1.807) is 0 Å². The monoisotopic (exact) mass is 223 g/mol. The first kappa shape index (κ1) is 10.8. The lowest BCUT2D eigenvalue weighted by molar-refractivity contribution is 0.344. The quantitative estimate of drug-likeness (QED) is 0.676. The van der Waals surface area contributed by atoms with Gasteiger partial charge in [0.2, 0.25) is 0 Å². The maximum Gasteiger partial charge on any atom is 0.0668 e. The number of nitrogens with zero attached hydrogens (tertiary/aromatic N) is 2. The van der Waals surface area contributed by atoms with Crippen molar-refractivity contribution in [2.24, 2.45) is 0 Å². The first-order valence-corrected chi connectivity index (χ1v) is 5.62. The minimum absolute atomic E-state index is 0.884. The van der Waals surface area contributed by atoms with E-state index < -0.39 is 0 Å². The van der Waals surface area contributed by atoms with Gasteiger partial charge in [0.05, 0.1) is 10.7 Å². The van der Waals surface area contributed by atoms with E-state index in [2.05, 4.69) is 29.0 Å². The number of piperazine rings is 1. The summed E-state index contributed by atoms with van der Waals surface area (Å²) in [5.74, 6) is 0. The largest absolute Gasteiger partial charge is 0.456 e. The van der Waals surface area contributed by atoms with Gasteiger partial charge in [-0.1, -0.05) is 23.7 Å². The lowest BCUT2D eigenvalue weighted by atomic mass is 10.2. The zero-order valence-electron chi connectivity index (χ0n) is 9.04. The number of hydrogen-bond acceptors (Lipinski definition) is 2. The van der Waals surface area contributed by atoms with Crippen molar-refractivity contribution in [1.82, 2.24) is 4.90 Å². The summed E-state index contributed by atoms with van der Waals surface area (Å²) < 4.78 is 0. The van der Waals surface area contributed by atoms with Gasteiger partial charge in [0.15, 0.2) is 0 Å². The molecule has 15 heavy (non-hydrogen) atoms. The number of aryl methyl sites for hydroxylation is 1. The summed E-state index contributed by atoms with van der Waals surface area (Å²) >= 11 is 6.29. The molecule has 1 aliphatic heterocycles. The zero-order chi connectivity index (χ0) is 10.8. The van der Waals surface area contributed by atoms with Gasteiger partial charge in [-0.05, 0) is 31.6 Å². The minimum atomic E-state index is 0.884. The van der Waals surface area contributed by atoms with Crippen molar-refractivity contribution in [3.63, 3.8) is 0 Å². The summed E-state index contributed by atoms with van der Waals surface area (Å²) in [5, 5.41) is 0.884. The lowest BCUT2D eigenvalue weighted by Gasteiger charge is -2.38. The number of halogens is 1. The Balaban J connectivity index is 2.19. The van der Waals surface area contributed by atoms with Gasteiger partial charge in [0.25, 0.3) is 0 Å². The van der Waals surface area contributed by atoms with Crippen molar-refractivity contribution in [1.29, 1.82) is 0 Å². The molecule has 1 aromatic rings. The van der Waals surface area contributed by atoms with Crippen LogP contribution in [0.1, 0.15) is 5.56 Å². The standard InChI is InChI=1S/C12H16ClN2/c1-10-4-3-5-11(12(10)13)15-8-6-14(2)7-9-15/h3-5H,2,6-9H2,1H3/q-1. The highest BCUT2D eigenvalue weighted by Gasteiger charge is 2.14. The molecule has 0 aliphatic carbocycles.